The fraction of sp³-hybridized carbons (Fsp3) is 0.333. The van der Waals surface area contributed by atoms with Gasteiger partial charge in [0, 0.05) is 0 Å². The Morgan fingerprint density at radius 2 is 1.50 bits per heavy atom. The molecule has 2 aromatic carbocycles. The molecule has 0 aromatic heterocycles. The third-order valence-electron chi connectivity index (χ3n) is 6.98. The lowest BCUT2D eigenvalue weighted by Gasteiger charge is -2.37. The Balaban J connectivity index is 1.27. The first kappa shape index (κ1) is 16.1. The highest BCUT2D eigenvalue weighted by molar-refractivity contribution is 6.22. The van der Waals surface area contributed by atoms with Crippen LogP contribution in [0, 0.1) is 42.4 Å². The molecule has 4 heteroatoms. The number of hydrogen-bond acceptors (Lipinski definition) is 3. The molecule has 0 radical (unpaired) electrons. The predicted octanol–water partition coefficient (Wildman–Crippen LogP) is 4.34. The summed E-state index contributed by atoms with van der Waals surface area (Å²) in [5, 5.41) is 0. The van der Waals surface area contributed by atoms with Crippen LogP contribution in [0.15, 0.2) is 60.7 Å². The Morgan fingerprint density at radius 3 is 2.11 bits per heavy atom. The summed E-state index contributed by atoms with van der Waals surface area (Å²) in [4.78, 5) is 27.7. The minimum atomic E-state index is -0.158. The van der Waals surface area contributed by atoms with Gasteiger partial charge in [0.1, 0.15) is 11.5 Å². The number of nitrogens with zero attached hydrogens (tertiary/aromatic N) is 1. The van der Waals surface area contributed by atoms with Crippen molar-refractivity contribution in [3.05, 3.63) is 66.2 Å². The van der Waals surface area contributed by atoms with E-state index in [-0.39, 0.29) is 35.5 Å². The van der Waals surface area contributed by atoms with Crippen molar-refractivity contribution in [2.75, 3.05) is 4.90 Å². The van der Waals surface area contributed by atoms with Crippen LogP contribution in [0.3, 0.4) is 0 Å². The minimum absolute atomic E-state index is 0.0212. The number of aryl methyl sites for hydroxylation is 1. The second-order valence-electron chi connectivity index (χ2n) is 8.58. The van der Waals surface area contributed by atoms with Gasteiger partial charge in [-0.25, -0.2) is 0 Å². The van der Waals surface area contributed by atoms with E-state index in [0.717, 1.165) is 11.3 Å². The number of benzene rings is 2. The van der Waals surface area contributed by atoms with E-state index in [9.17, 15) is 9.59 Å². The van der Waals surface area contributed by atoms with E-state index < -0.39 is 0 Å². The first-order valence-electron chi connectivity index (χ1n) is 10.0. The summed E-state index contributed by atoms with van der Waals surface area (Å²) in [6.45, 7) is 2.02. The number of carbonyl (C=O) groups is 2. The molecule has 1 aliphatic heterocycles. The number of hydrogen-bond donors (Lipinski definition) is 0. The van der Waals surface area contributed by atoms with Gasteiger partial charge in [-0.15, -0.1) is 0 Å². The number of rotatable bonds is 3. The van der Waals surface area contributed by atoms with Gasteiger partial charge in [0.2, 0.25) is 11.8 Å². The second kappa shape index (κ2) is 5.57. The van der Waals surface area contributed by atoms with Crippen molar-refractivity contribution in [1.82, 2.24) is 0 Å². The summed E-state index contributed by atoms with van der Waals surface area (Å²) in [7, 11) is 0. The van der Waals surface area contributed by atoms with E-state index in [1.807, 2.05) is 55.5 Å². The SMILES string of the molecule is Cc1cccc(Oc2ccc(N3C(=O)[C@@H]4[C@H]5C=C[C@@H]([C@@H]6C[C@H]56)[C@H]4C3=O)cc2)c1. The van der Waals surface area contributed by atoms with Gasteiger partial charge in [0.05, 0.1) is 17.5 Å². The van der Waals surface area contributed by atoms with Gasteiger partial charge >= 0.3 is 0 Å². The quantitative estimate of drug-likeness (QED) is 0.595. The molecule has 2 aromatic rings. The molecule has 5 aliphatic rings. The van der Waals surface area contributed by atoms with E-state index in [1.54, 1.807) is 0 Å². The van der Waals surface area contributed by atoms with Gasteiger partial charge < -0.3 is 4.74 Å². The number of allylic oxidation sites excluding steroid dienone is 2. The molecule has 2 amide bonds. The summed E-state index contributed by atoms with van der Waals surface area (Å²) < 4.78 is 5.89. The first-order valence-corrected chi connectivity index (χ1v) is 10.0. The zero-order valence-corrected chi connectivity index (χ0v) is 15.6. The zero-order valence-electron chi connectivity index (χ0n) is 15.6. The third-order valence-corrected chi connectivity index (χ3v) is 6.98. The van der Waals surface area contributed by atoms with Crippen molar-refractivity contribution in [1.29, 1.82) is 0 Å². The fourth-order valence-electron chi connectivity index (χ4n) is 5.69. The summed E-state index contributed by atoms with van der Waals surface area (Å²) in [6, 6.07) is 15.1. The molecule has 0 spiro atoms. The van der Waals surface area contributed by atoms with Crippen LogP contribution in [0.1, 0.15) is 12.0 Å². The fourth-order valence-corrected chi connectivity index (χ4v) is 5.69. The Kier molecular flexibility index (Phi) is 3.20. The van der Waals surface area contributed by atoms with Gasteiger partial charge in [0.15, 0.2) is 0 Å². The number of imide groups is 1. The molecule has 2 saturated carbocycles. The van der Waals surface area contributed by atoms with Crippen molar-refractivity contribution < 1.29 is 14.3 Å². The lowest BCUT2D eigenvalue weighted by Crippen LogP contribution is -2.40. The lowest BCUT2D eigenvalue weighted by molar-refractivity contribution is -0.124. The Hall–Kier alpha value is -2.88. The van der Waals surface area contributed by atoms with Gasteiger partial charge in [-0.2, -0.15) is 0 Å². The van der Waals surface area contributed by atoms with E-state index in [1.165, 1.54) is 11.3 Å². The smallest absolute Gasteiger partial charge is 0.238 e. The maximum atomic E-state index is 13.2. The molecule has 4 nitrogen and oxygen atoms in total. The standard InChI is InChI=1S/C24H21NO3/c1-13-3-2-4-16(11-13)28-15-7-5-14(6-8-15)25-23(26)21-17-9-10-18(20-12-19(17)20)22(21)24(25)27/h2-11,17-22H,12H2,1H3/t17-,18-,19-,20+,21+,22+/m0/s1. The number of amides is 2. The molecule has 3 fully saturated rings. The van der Waals surface area contributed by atoms with Gasteiger partial charge in [-0.3, -0.25) is 14.5 Å². The monoisotopic (exact) mass is 371 g/mol. The molecule has 0 N–H and O–H groups in total. The van der Waals surface area contributed by atoms with E-state index in [0.29, 0.717) is 23.3 Å². The van der Waals surface area contributed by atoms with E-state index in [4.69, 9.17) is 4.74 Å². The molecule has 1 saturated heterocycles. The number of anilines is 1. The maximum Gasteiger partial charge on any atom is 0.238 e. The van der Waals surface area contributed by atoms with Crippen molar-refractivity contribution in [3.8, 4) is 11.5 Å². The van der Waals surface area contributed by atoms with Crippen molar-refractivity contribution >= 4 is 17.5 Å². The average molecular weight is 371 g/mol. The molecule has 28 heavy (non-hydrogen) atoms. The summed E-state index contributed by atoms with van der Waals surface area (Å²) in [5.41, 5.74) is 1.78. The van der Waals surface area contributed by atoms with Gasteiger partial charge in [0.25, 0.3) is 0 Å². The molecule has 0 unspecified atom stereocenters. The molecule has 2 bridgehead atoms. The van der Waals surface area contributed by atoms with Crippen LogP contribution in [0.25, 0.3) is 0 Å². The normalized spacial score (nSPS) is 34.4. The van der Waals surface area contributed by atoms with E-state index >= 15 is 0 Å². The number of carbonyl (C=O) groups excluding carboxylic acids is 2. The van der Waals surface area contributed by atoms with Crippen LogP contribution in [0.2, 0.25) is 0 Å². The Labute approximate surface area is 163 Å². The molecule has 4 aliphatic carbocycles. The van der Waals surface area contributed by atoms with Crippen LogP contribution in [-0.2, 0) is 9.59 Å². The average Bonchev–Trinajstić information content (AvgIpc) is 3.47. The molecule has 7 rings (SSSR count). The molecule has 1 heterocycles. The van der Waals surface area contributed by atoms with Crippen LogP contribution in [-0.4, -0.2) is 11.8 Å². The van der Waals surface area contributed by atoms with Crippen molar-refractivity contribution in [2.45, 2.75) is 13.3 Å². The lowest BCUT2D eigenvalue weighted by atomic mass is 9.63. The third kappa shape index (κ3) is 2.17. The summed E-state index contributed by atoms with van der Waals surface area (Å²) in [6.07, 6.45) is 5.59. The molecular formula is C24H21NO3. The van der Waals surface area contributed by atoms with Crippen molar-refractivity contribution in [2.24, 2.45) is 35.5 Å². The minimum Gasteiger partial charge on any atom is -0.457 e. The molecule has 6 atom stereocenters. The Morgan fingerprint density at radius 1 is 0.857 bits per heavy atom. The highest BCUT2D eigenvalue weighted by atomic mass is 16.5. The first-order chi connectivity index (χ1) is 13.6. The van der Waals surface area contributed by atoms with Crippen LogP contribution in [0.4, 0.5) is 5.69 Å². The van der Waals surface area contributed by atoms with Crippen molar-refractivity contribution in [3.63, 3.8) is 0 Å². The van der Waals surface area contributed by atoms with Crippen LogP contribution < -0.4 is 9.64 Å². The Bertz CT molecular complexity index is 988. The highest BCUT2D eigenvalue weighted by Gasteiger charge is 2.67. The topological polar surface area (TPSA) is 46.6 Å². The predicted molar refractivity (Wildman–Crippen MR) is 105 cm³/mol. The zero-order chi connectivity index (χ0) is 19.0. The van der Waals surface area contributed by atoms with Crippen LogP contribution >= 0.6 is 0 Å². The van der Waals surface area contributed by atoms with Crippen LogP contribution in [0.5, 0.6) is 11.5 Å². The van der Waals surface area contributed by atoms with Gasteiger partial charge in [-0.1, -0.05) is 24.3 Å². The molecule has 140 valence electrons. The highest BCUT2D eigenvalue weighted by Crippen LogP contribution is 2.65. The van der Waals surface area contributed by atoms with E-state index in [2.05, 4.69) is 12.2 Å². The maximum absolute atomic E-state index is 13.2. The largest absolute Gasteiger partial charge is 0.457 e. The summed E-state index contributed by atoms with van der Waals surface area (Å²) >= 11 is 0. The number of ether oxygens (including phenoxy) is 1. The summed E-state index contributed by atoms with van der Waals surface area (Å²) in [5.74, 6) is 2.86. The molecular weight excluding hydrogens is 350 g/mol. The second-order valence-corrected chi connectivity index (χ2v) is 8.58. The van der Waals surface area contributed by atoms with Gasteiger partial charge in [-0.05, 0) is 79.0 Å².